The van der Waals surface area contributed by atoms with Gasteiger partial charge in [0.05, 0.1) is 12.7 Å². The highest BCUT2D eigenvalue weighted by Crippen LogP contribution is 2.15. The second-order valence-corrected chi connectivity index (χ2v) is 5.89. The van der Waals surface area contributed by atoms with Crippen LogP contribution in [0, 0.1) is 0 Å². The summed E-state index contributed by atoms with van der Waals surface area (Å²) in [6.45, 7) is 5.20. The molecule has 0 saturated carbocycles. The predicted octanol–water partition coefficient (Wildman–Crippen LogP) is 1.59. The third-order valence-corrected chi connectivity index (χ3v) is 4.36. The van der Waals surface area contributed by atoms with Crippen molar-refractivity contribution in [2.75, 3.05) is 33.4 Å². The van der Waals surface area contributed by atoms with Crippen molar-refractivity contribution in [1.82, 2.24) is 10.2 Å². The number of hydrogen-bond acceptors (Lipinski definition) is 4. The fourth-order valence-electron chi connectivity index (χ4n) is 2.92. The van der Waals surface area contributed by atoms with Gasteiger partial charge in [-0.15, -0.1) is 12.4 Å². The summed E-state index contributed by atoms with van der Waals surface area (Å²) in [5.41, 5.74) is 0. The number of carbonyl (C=O) groups is 1. The molecule has 21 heavy (non-hydrogen) atoms. The van der Waals surface area contributed by atoms with Gasteiger partial charge in [-0.25, -0.2) is 0 Å². The number of piperidine rings is 1. The van der Waals surface area contributed by atoms with Crippen LogP contribution in [0.25, 0.3) is 0 Å². The number of carbonyl (C=O) groups excluding carboxylic acids is 1. The van der Waals surface area contributed by atoms with E-state index in [0.29, 0.717) is 12.6 Å². The van der Waals surface area contributed by atoms with Crippen LogP contribution in [-0.4, -0.2) is 62.4 Å². The van der Waals surface area contributed by atoms with E-state index in [9.17, 15) is 4.79 Å². The first-order chi connectivity index (χ1) is 9.68. The topological polar surface area (TPSA) is 50.8 Å². The van der Waals surface area contributed by atoms with Gasteiger partial charge in [-0.3, -0.25) is 4.79 Å². The maximum Gasteiger partial charge on any atom is 0.251 e. The minimum atomic E-state index is -0.375. The monoisotopic (exact) mass is 320 g/mol. The van der Waals surface area contributed by atoms with E-state index >= 15 is 0 Å². The second kappa shape index (κ2) is 9.62. The number of nitrogens with one attached hydrogen (secondary N) is 1. The lowest BCUT2D eigenvalue weighted by atomic mass is 10.0. The molecular formula is C15H29ClN2O3. The van der Waals surface area contributed by atoms with Crippen molar-refractivity contribution in [3.05, 3.63) is 0 Å². The van der Waals surface area contributed by atoms with Crippen molar-refractivity contribution in [3.8, 4) is 0 Å². The number of rotatable bonds is 5. The van der Waals surface area contributed by atoms with E-state index in [1.165, 1.54) is 6.42 Å². The first kappa shape index (κ1) is 18.7. The molecule has 2 unspecified atom stereocenters. The number of nitrogens with zero attached hydrogens (tertiary/aromatic N) is 1. The summed E-state index contributed by atoms with van der Waals surface area (Å²) in [5.74, 6) is 0.0905. The van der Waals surface area contributed by atoms with Gasteiger partial charge < -0.3 is 19.7 Å². The van der Waals surface area contributed by atoms with Crippen molar-refractivity contribution in [1.29, 1.82) is 0 Å². The van der Waals surface area contributed by atoms with Gasteiger partial charge in [-0.2, -0.15) is 0 Å². The molecular weight excluding hydrogens is 292 g/mol. The average molecular weight is 321 g/mol. The van der Waals surface area contributed by atoms with Gasteiger partial charge in [0.1, 0.15) is 6.10 Å². The molecule has 2 rings (SSSR count). The Kier molecular flexibility index (Phi) is 8.56. The number of amides is 1. The third kappa shape index (κ3) is 5.74. The lowest BCUT2D eigenvalue weighted by Crippen LogP contribution is -2.47. The van der Waals surface area contributed by atoms with Crippen molar-refractivity contribution in [3.63, 3.8) is 0 Å². The Morgan fingerprint density at radius 2 is 2.05 bits per heavy atom. The van der Waals surface area contributed by atoms with E-state index in [2.05, 4.69) is 5.32 Å². The number of likely N-dealkylation sites (N-methyl/N-ethyl adjacent to an activating group) is 1. The van der Waals surface area contributed by atoms with Crippen LogP contribution >= 0.6 is 12.4 Å². The fourth-order valence-corrected chi connectivity index (χ4v) is 2.92. The maximum atomic E-state index is 12.4. The summed E-state index contributed by atoms with van der Waals surface area (Å²) < 4.78 is 11.4. The molecule has 0 aromatic carbocycles. The summed E-state index contributed by atoms with van der Waals surface area (Å²) in [5, 5.41) is 3.32. The zero-order valence-electron chi connectivity index (χ0n) is 13.2. The Labute approximate surface area is 134 Å². The SMILES string of the molecule is CC(OCC1CCCCO1)C(=O)N(C)C1CCNCC1.Cl. The van der Waals surface area contributed by atoms with Crippen molar-refractivity contribution < 1.29 is 14.3 Å². The smallest absolute Gasteiger partial charge is 0.251 e. The molecule has 0 aliphatic carbocycles. The Bertz CT molecular complexity index is 305. The first-order valence-electron chi connectivity index (χ1n) is 7.89. The van der Waals surface area contributed by atoms with Gasteiger partial charge >= 0.3 is 0 Å². The van der Waals surface area contributed by atoms with Crippen LogP contribution in [0.15, 0.2) is 0 Å². The molecule has 5 nitrogen and oxygen atoms in total. The normalized spacial score (nSPS) is 25.0. The van der Waals surface area contributed by atoms with Gasteiger partial charge in [0, 0.05) is 19.7 Å². The van der Waals surface area contributed by atoms with E-state index in [1.807, 2.05) is 18.9 Å². The van der Waals surface area contributed by atoms with Gasteiger partial charge in [0.2, 0.25) is 0 Å². The van der Waals surface area contributed by atoms with Crippen molar-refractivity contribution in [2.24, 2.45) is 0 Å². The molecule has 2 fully saturated rings. The minimum absolute atomic E-state index is 0. The number of hydrogen-bond donors (Lipinski definition) is 1. The number of ether oxygens (including phenoxy) is 2. The van der Waals surface area contributed by atoms with Crippen LogP contribution in [0.1, 0.15) is 39.0 Å². The highest BCUT2D eigenvalue weighted by molar-refractivity contribution is 5.85. The minimum Gasteiger partial charge on any atom is -0.376 e. The van der Waals surface area contributed by atoms with Crippen LogP contribution < -0.4 is 5.32 Å². The van der Waals surface area contributed by atoms with Crippen LogP contribution in [0.5, 0.6) is 0 Å². The molecule has 0 aromatic heterocycles. The number of halogens is 1. The molecule has 2 aliphatic rings. The van der Waals surface area contributed by atoms with Crippen molar-refractivity contribution >= 4 is 18.3 Å². The van der Waals surface area contributed by atoms with E-state index in [-0.39, 0.29) is 30.5 Å². The highest BCUT2D eigenvalue weighted by atomic mass is 35.5. The maximum absolute atomic E-state index is 12.4. The Hall–Kier alpha value is -0.360. The summed E-state index contributed by atoms with van der Waals surface area (Å²) in [7, 11) is 1.90. The zero-order chi connectivity index (χ0) is 14.4. The Morgan fingerprint density at radius 3 is 2.67 bits per heavy atom. The lowest BCUT2D eigenvalue weighted by Gasteiger charge is -2.33. The molecule has 2 atom stereocenters. The quantitative estimate of drug-likeness (QED) is 0.836. The van der Waals surface area contributed by atoms with Gasteiger partial charge in [-0.05, 0) is 52.1 Å². The van der Waals surface area contributed by atoms with Gasteiger partial charge in [0.15, 0.2) is 0 Å². The molecule has 0 spiro atoms. The van der Waals surface area contributed by atoms with E-state index < -0.39 is 0 Å². The van der Waals surface area contributed by atoms with Crippen molar-refractivity contribution in [2.45, 2.75) is 57.3 Å². The fraction of sp³-hybridized carbons (Fsp3) is 0.933. The standard InChI is InChI=1S/C15H28N2O3.ClH/c1-12(20-11-14-5-3-4-10-19-14)15(18)17(2)13-6-8-16-9-7-13;/h12-14,16H,3-11H2,1-2H3;1H. The van der Waals surface area contributed by atoms with E-state index in [1.54, 1.807) is 0 Å². The molecule has 2 aliphatic heterocycles. The molecule has 124 valence electrons. The van der Waals surface area contributed by atoms with E-state index in [0.717, 1.165) is 45.4 Å². The second-order valence-electron chi connectivity index (χ2n) is 5.89. The summed E-state index contributed by atoms with van der Waals surface area (Å²) in [4.78, 5) is 14.2. The molecule has 0 radical (unpaired) electrons. The van der Waals surface area contributed by atoms with Crippen LogP contribution in [0.2, 0.25) is 0 Å². The molecule has 1 amide bonds. The molecule has 0 bridgehead atoms. The van der Waals surface area contributed by atoms with Crippen LogP contribution in [0.4, 0.5) is 0 Å². The van der Waals surface area contributed by atoms with Gasteiger partial charge in [-0.1, -0.05) is 0 Å². The Balaban J connectivity index is 0.00000220. The zero-order valence-corrected chi connectivity index (χ0v) is 14.0. The Morgan fingerprint density at radius 1 is 1.33 bits per heavy atom. The molecule has 2 heterocycles. The van der Waals surface area contributed by atoms with Crippen LogP contribution in [-0.2, 0) is 14.3 Å². The largest absolute Gasteiger partial charge is 0.376 e. The lowest BCUT2D eigenvalue weighted by molar-refractivity contribution is -0.147. The summed E-state index contributed by atoms with van der Waals surface area (Å²) in [6.07, 6.45) is 5.24. The molecule has 0 aromatic rings. The highest BCUT2D eigenvalue weighted by Gasteiger charge is 2.26. The summed E-state index contributed by atoms with van der Waals surface area (Å²) >= 11 is 0. The molecule has 6 heteroatoms. The first-order valence-corrected chi connectivity index (χ1v) is 7.89. The summed E-state index contributed by atoms with van der Waals surface area (Å²) in [6, 6.07) is 0.348. The molecule has 1 N–H and O–H groups in total. The third-order valence-electron chi connectivity index (χ3n) is 4.36. The predicted molar refractivity (Wildman–Crippen MR) is 84.9 cm³/mol. The van der Waals surface area contributed by atoms with E-state index in [4.69, 9.17) is 9.47 Å². The molecule has 2 saturated heterocycles. The van der Waals surface area contributed by atoms with Gasteiger partial charge in [0.25, 0.3) is 5.91 Å². The van der Waals surface area contributed by atoms with Crippen LogP contribution in [0.3, 0.4) is 0 Å². The average Bonchev–Trinajstić information content (AvgIpc) is 2.53.